The van der Waals surface area contributed by atoms with Crippen LogP contribution >= 0.6 is 0 Å². The lowest BCUT2D eigenvalue weighted by Crippen LogP contribution is -2.27. The molecule has 0 radical (unpaired) electrons. The Hall–Kier alpha value is -0.330. The minimum atomic E-state index is 0.854. The smallest absolute Gasteiger partial charge is 0.0276 e. The fraction of sp³-hybridized carbons (Fsp3) is 0.929. The molecule has 86 valence electrons. The molecule has 0 aromatic rings. The van der Waals surface area contributed by atoms with Gasteiger partial charge < -0.3 is 0 Å². The molecular weight excluding hydrogens is 182 g/mol. The van der Waals surface area contributed by atoms with Crippen LogP contribution in [0.15, 0.2) is 4.99 Å². The van der Waals surface area contributed by atoms with Gasteiger partial charge in [-0.25, -0.2) is 0 Å². The molecule has 0 spiro atoms. The zero-order chi connectivity index (χ0) is 10.5. The second-order valence-electron chi connectivity index (χ2n) is 5.32. The second-order valence-corrected chi connectivity index (χ2v) is 5.32. The molecule has 2 saturated carbocycles. The molecule has 0 aromatic carbocycles. The standard InChI is InChI=1S/C14H25N/c1-15-14(12-8-4-2-5-9-12)13-10-6-3-7-11-13/h12-13H,2-11H2,1H3. The van der Waals surface area contributed by atoms with Crippen LogP contribution in [0.1, 0.15) is 64.2 Å². The summed E-state index contributed by atoms with van der Waals surface area (Å²) in [5, 5.41) is 0. The number of hydrogen-bond acceptors (Lipinski definition) is 1. The van der Waals surface area contributed by atoms with Crippen molar-refractivity contribution in [3.8, 4) is 0 Å². The Balaban J connectivity index is 1.95. The fourth-order valence-corrected chi connectivity index (χ4v) is 3.50. The highest BCUT2D eigenvalue weighted by atomic mass is 14.7. The monoisotopic (exact) mass is 207 g/mol. The first-order valence-electron chi connectivity index (χ1n) is 6.88. The minimum Gasteiger partial charge on any atom is -0.297 e. The number of aliphatic imine (C=N–C) groups is 1. The molecule has 0 bridgehead atoms. The zero-order valence-corrected chi connectivity index (χ0v) is 10.2. The zero-order valence-electron chi connectivity index (χ0n) is 10.2. The lowest BCUT2D eigenvalue weighted by atomic mass is 9.76. The van der Waals surface area contributed by atoms with Gasteiger partial charge in [-0.05, 0) is 37.5 Å². The number of rotatable bonds is 2. The molecule has 2 aliphatic rings. The van der Waals surface area contributed by atoms with Crippen molar-refractivity contribution in [2.24, 2.45) is 16.8 Å². The van der Waals surface area contributed by atoms with E-state index in [0.29, 0.717) is 0 Å². The van der Waals surface area contributed by atoms with E-state index in [1.807, 2.05) is 7.05 Å². The third kappa shape index (κ3) is 2.83. The summed E-state index contributed by atoms with van der Waals surface area (Å²) >= 11 is 0. The average Bonchev–Trinajstić information content (AvgIpc) is 2.33. The highest BCUT2D eigenvalue weighted by Gasteiger charge is 2.26. The molecule has 15 heavy (non-hydrogen) atoms. The first-order chi connectivity index (χ1) is 7.42. The number of nitrogens with zero attached hydrogens (tertiary/aromatic N) is 1. The molecule has 2 fully saturated rings. The maximum absolute atomic E-state index is 4.65. The van der Waals surface area contributed by atoms with E-state index in [4.69, 9.17) is 0 Å². The van der Waals surface area contributed by atoms with Crippen LogP contribution in [-0.4, -0.2) is 12.8 Å². The first-order valence-corrected chi connectivity index (χ1v) is 6.88. The quantitative estimate of drug-likeness (QED) is 0.601. The molecule has 0 amide bonds. The van der Waals surface area contributed by atoms with Gasteiger partial charge in [0.05, 0.1) is 0 Å². The van der Waals surface area contributed by atoms with Crippen LogP contribution in [0.5, 0.6) is 0 Å². The third-order valence-electron chi connectivity index (χ3n) is 4.31. The van der Waals surface area contributed by atoms with Crippen LogP contribution < -0.4 is 0 Å². The summed E-state index contributed by atoms with van der Waals surface area (Å²) in [6, 6.07) is 0. The largest absolute Gasteiger partial charge is 0.297 e. The van der Waals surface area contributed by atoms with E-state index in [0.717, 1.165) is 11.8 Å². The van der Waals surface area contributed by atoms with Crippen LogP contribution in [0.4, 0.5) is 0 Å². The lowest BCUT2D eigenvalue weighted by Gasteiger charge is -2.31. The van der Waals surface area contributed by atoms with Crippen molar-refractivity contribution in [3.63, 3.8) is 0 Å². The Kier molecular flexibility index (Phi) is 4.22. The van der Waals surface area contributed by atoms with Gasteiger partial charge in [-0.1, -0.05) is 38.5 Å². The van der Waals surface area contributed by atoms with Gasteiger partial charge in [0, 0.05) is 12.8 Å². The van der Waals surface area contributed by atoms with Crippen molar-refractivity contribution >= 4 is 5.71 Å². The highest BCUT2D eigenvalue weighted by Crippen LogP contribution is 2.33. The van der Waals surface area contributed by atoms with Crippen molar-refractivity contribution in [1.29, 1.82) is 0 Å². The van der Waals surface area contributed by atoms with E-state index in [1.54, 1.807) is 5.71 Å². The van der Waals surface area contributed by atoms with Gasteiger partial charge >= 0.3 is 0 Å². The summed E-state index contributed by atoms with van der Waals surface area (Å²) in [5.74, 6) is 1.71. The first kappa shape index (κ1) is 11.2. The Morgan fingerprint density at radius 2 is 1.13 bits per heavy atom. The Bertz CT molecular complexity index is 187. The minimum absolute atomic E-state index is 0.854. The van der Waals surface area contributed by atoms with E-state index in [1.165, 1.54) is 64.2 Å². The number of hydrogen-bond donors (Lipinski definition) is 0. The van der Waals surface area contributed by atoms with Crippen LogP contribution in [0.2, 0.25) is 0 Å². The van der Waals surface area contributed by atoms with Gasteiger partial charge in [-0.3, -0.25) is 4.99 Å². The van der Waals surface area contributed by atoms with Crippen molar-refractivity contribution in [1.82, 2.24) is 0 Å². The lowest BCUT2D eigenvalue weighted by molar-refractivity contribution is 0.387. The van der Waals surface area contributed by atoms with Crippen LogP contribution in [0.3, 0.4) is 0 Å². The molecule has 0 unspecified atom stereocenters. The van der Waals surface area contributed by atoms with Gasteiger partial charge in [0.15, 0.2) is 0 Å². The molecule has 2 rings (SSSR count). The van der Waals surface area contributed by atoms with Crippen LogP contribution in [-0.2, 0) is 0 Å². The predicted molar refractivity (Wildman–Crippen MR) is 66.5 cm³/mol. The fourth-order valence-electron chi connectivity index (χ4n) is 3.50. The predicted octanol–water partition coefficient (Wildman–Crippen LogP) is 4.22. The van der Waals surface area contributed by atoms with Crippen LogP contribution in [0.25, 0.3) is 0 Å². The van der Waals surface area contributed by atoms with E-state index in [9.17, 15) is 0 Å². The summed E-state index contributed by atoms with van der Waals surface area (Å²) in [6.07, 6.45) is 14.4. The molecule has 0 atom stereocenters. The van der Waals surface area contributed by atoms with E-state index < -0.39 is 0 Å². The summed E-state index contributed by atoms with van der Waals surface area (Å²) in [5.41, 5.74) is 1.59. The molecule has 0 saturated heterocycles. The summed E-state index contributed by atoms with van der Waals surface area (Å²) in [6.45, 7) is 0. The second kappa shape index (κ2) is 5.67. The molecule has 0 heterocycles. The van der Waals surface area contributed by atoms with Crippen molar-refractivity contribution < 1.29 is 0 Å². The molecule has 0 N–H and O–H groups in total. The van der Waals surface area contributed by atoms with Crippen molar-refractivity contribution in [2.45, 2.75) is 64.2 Å². The Morgan fingerprint density at radius 3 is 1.47 bits per heavy atom. The van der Waals surface area contributed by atoms with Gasteiger partial charge in [0.1, 0.15) is 0 Å². The van der Waals surface area contributed by atoms with Crippen molar-refractivity contribution in [2.75, 3.05) is 7.05 Å². The van der Waals surface area contributed by atoms with Crippen molar-refractivity contribution in [3.05, 3.63) is 0 Å². The summed E-state index contributed by atoms with van der Waals surface area (Å²) in [4.78, 5) is 4.65. The maximum Gasteiger partial charge on any atom is 0.0276 e. The van der Waals surface area contributed by atoms with Crippen LogP contribution in [0, 0.1) is 11.8 Å². The summed E-state index contributed by atoms with van der Waals surface area (Å²) < 4.78 is 0. The van der Waals surface area contributed by atoms with Gasteiger partial charge in [-0.15, -0.1) is 0 Å². The van der Waals surface area contributed by atoms with Gasteiger partial charge in [-0.2, -0.15) is 0 Å². The SMILES string of the molecule is CN=C(C1CCCCC1)C1CCCCC1. The van der Waals surface area contributed by atoms with Gasteiger partial charge in [0.25, 0.3) is 0 Å². The molecular formula is C14H25N. The molecule has 0 aliphatic heterocycles. The maximum atomic E-state index is 4.65. The molecule has 2 aliphatic carbocycles. The average molecular weight is 207 g/mol. The van der Waals surface area contributed by atoms with E-state index in [-0.39, 0.29) is 0 Å². The normalized spacial score (nSPS) is 25.1. The summed E-state index contributed by atoms with van der Waals surface area (Å²) in [7, 11) is 2.03. The van der Waals surface area contributed by atoms with E-state index >= 15 is 0 Å². The third-order valence-corrected chi connectivity index (χ3v) is 4.31. The highest BCUT2D eigenvalue weighted by molar-refractivity contribution is 5.89. The Morgan fingerprint density at radius 1 is 0.733 bits per heavy atom. The van der Waals surface area contributed by atoms with Gasteiger partial charge in [0.2, 0.25) is 0 Å². The molecule has 0 aromatic heterocycles. The topological polar surface area (TPSA) is 12.4 Å². The molecule has 1 heteroatoms. The Labute approximate surface area is 94.4 Å². The molecule has 1 nitrogen and oxygen atoms in total. The van der Waals surface area contributed by atoms with E-state index in [2.05, 4.69) is 4.99 Å².